The Morgan fingerprint density at radius 1 is 0.910 bits per heavy atom. The van der Waals surface area contributed by atoms with E-state index in [9.17, 15) is 10.2 Å². The zero-order chi connectivity index (χ0) is 47.0. The number of oxime groups is 1. The Kier molecular flexibility index (Phi) is 18.6. The molecule has 2 aromatic carbocycles. The number of pyridine rings is 1. The first-order chi connectivity index (χ1) is 32.8. The van der Waals surface area contributed by atoms with Gasteiger partial charge in [0.2, 0.25) is 18.5 Å². The quantitative estimate of drug-likeness (QED) is 0.0411. The Bertz CT molecular complexity index is 2140. The van der Waals surface area contributed by atoms with Crippen molar-refractivity contribution in [2.24, 2.45) is 22.9 Å². The molecule has 1 aromatic heterocycles. The average molecular weight is 922 g/mol. The number of aryl methyl sites for hydroxylation is 1. The van der Waals surface area contributed by atoms with Crippen LogP contribution in [0.1, 0.15) is 145 Å². The standard InChI is InChI=1S/C55H75N3O9/c1-5-7-8-9-10-11-12-13-14-24-52(61)58(36-40-25-27-49-50(32-40)65-38-64-49)51-35-47(57-62-4)45-33-41(21-15-17-29-59)44(23-16-18-30-60)53-46-34-43(63-37-42-22-19-20-39(3)56-42)26-28-48(46)67-55(51,54(45)53)66-31-6-2/h6,19-20,22,25-28,32-34,41,44,51,53-54,59-60H,2,5,7-18,21,23-24,29-31,35-38H2,1,3-4H3/t41-,44+,51-,53+,54+,55+/m0/s1. The normalized spacial score (nSPS) is 22.9. The number of fused-ring (bicyclic) bond motifs is 3. The van der Waals surface area contributed by atoms with Crippen molar-refractivity contribution >= 4 is 11.6 Å². The number of aromatic nitrogens is 1. The SMILES string of the molecule is C=CCO[C@@]12Oc3ccc(OCc4cccc(C)n4)cc3[C@H]3[C@H](CCCCO)[C@@H](CCCCO)C=C(C(=NOC)C[C@@H]1N(Cc1ccc4c(c1)OCO4)C(=O)CCCCCCCCCCC)[C@H]32. The van der Waals surface area contributed by atoms with Crippen molar-refractivity contribution in [1.29, 1.82) is 0 Å². The van der Waals surface area contributed by atoms with Crippen LogP contribution in [0.2, 0.25) is 0 Å². The monoisotopic (exact) mass is 922 g/mol. The Morgan fingerprint density at radius 3 is 2.40 bits per heavy atom. The van der Waals surface area contributed by atoms with Gasteiger partial charge in [-0.3, -0.25) is 9.78 Å². The van der Waals surface area contributed by atoms with Crippen LogP contribution in [0.25, 0.3) is 0 Å². The molecule has 2 N–H and O–H groups in total. The number of rotatable bonds is 28. The molecule has 0 radical (unpaired) electrons. The molecule has 12 nitrogen and oxygen atoms in total. The summed E-state index contributed by atoms with van der Waals surface area (Å²) < 4.78 is 32.7. The number of nitrogens with zero attached hydrogens (tertiary/aromatic N) is 3. The van der Waals surface area contributed by atoms with E-state index >= 15 is 4.79 Å². The highest BCUT2D eigenvalue weighted by Gasteiger charge is 2.65. The molecule has 4 aliphatic rings. The van der Waals surface area contributed by atoms with E-state index in [1.807, 2.05) is 60.4 Å². The predicted octanol–water partition coefficient (Wildman–Crippen LogP) is 10.9. The molecule has 12 heteroatoms. The second kappa shape index (κ2) is 24.9. The molecule has 1 amide bonds. The third-order valence-corrected chi connectivity index (χ3v) is 14.2. The van der Waals surface area contributed by atoms with Crippen molar-refractivity contribution in [1.82, 2.24) is 9.88 Å². The molecule has 2 aliphatic heterocycles. The van der Waals surface area contributed by atoms with Gasteiger partial charge in [0, 0.05) is 49.8 Å². The molecule has 1 saturated carbocycles. The Balaban J connectivity index is 1.33. The number of carbonyl (C=O) groups excluding carboxylic acids is 1. The Hall–Kier alpha value is -4.91. The number of aliphatic hydroxyl groups excluding tert-OH is 2. The maximum atomic E-state index is 15.2. The van der Waals surface area contributed by atoms with Crippen molar-refractivity contribution in [3.8, 4) is 23.0 Å². The van der Waals surface area contributed by atoms with Crippen molar-refractivity contribution in [3.63, 3.8) is 0 Å². The van der Waals surface area contributed by atoms with Gasteiger partial charge in [0.15, 0.2) is 11.5 Å². The number of carbonyl (C=O) groups is 1. The number of aliphatic hydroxyl groups is 2. The van der Waals surface area contributed by atoms with E-state index in [0.29, 0.717) is 55.3 Å². The third kappa shape index (κ3) is 12.2. The zero-order valence-corrected chi connectivity index (χ0v) is 40.3. The van der Waals surface area contributed by atoms with Gasteiger partial charge in [-0.25, -0.2) is 0 Å². The van der Waals surface area contributed by atoms with E-state index < -0.39 is 17.7 Å². The van der Waals surface area contributed by atoms with Gasteiger partial charge in [0.1, 0.15) is 31.3 Å². The smallest absolute Gasteiger partial charge is 0.239 e. The van der Waals surface area contributed by atoms with Crippen LogP contribution >= 0.6 is 0 Å². The van der Waals surface area contributed by atoms with Crippen LogP contribution in [0.3, 0.4) is 0 Å². The van der Waals surface area contributed by atoms with E-state index in [2.05, 4.69) is 30.6 Å². The maximum absolute atomic E-state index is 15.2. The minimum Gasteiger partial charge on any atom is -0.487 e. The first-order valence-corrected chi connectivity index (χ1v) is 25.2. The van der Waals surface area contributed by atoms with Crippen LogP contribution < -0.4 is 18.9 Å². The lowest BCUT2D eigenvalue weighted by atomic mass is 9.55. The number of benzene rings is 2. The summed E-state index contributed by atoms with van der Waals surface area (Å²) in [4.78, 5) is 27.6. The molecule has 0 saturated heterocycles. The van der Waals surface area contributed by atoms with Gasteiger partial charge < -0.3 is 43.6 Å². The molecule has 67 heavy (non-hydrogen) atoms. The number of ether oxygens (including phenoxy) is 5. The zero-order valence-electron chi connectivity index (χ0n) is 40.3. The van der Waals surface area contributed by atoms with Crippen LogP contribution in [0.15, 0.2) is 84.1 Å². The lowest BCUT2D eigenvalue weighted by Gasteiger charge is -2.60. The Labute approximate surface area is 398 Å². The van der Waals surface area contributed by atoms with Gasteiger partial charge in [0.05, 0.1) is 23.9 Å². The van der Waals surface area contributed by atoms with Gasteiger partial charge in [-0.1, -0.05) is 101 Å². The molecule has 0 unspecified atom stereocenters. The minimum absolute atomic E-state index is 0.0213. The molecule has 3 aromatic rings. The lowest BCUT2D eigenvalue weighted by Crippen LogP contribution is -2.70. The summed E-state index contributed by atoms with van der Waals surface area (Å²) in [5.41, 5.74) is 5.43. The maximum Gasteiger partial charge on any atom is 0.239 e. The molecule has 6 atom stereocenters. The summed E-state index contributed by atoms with van der Waals surface area (Å²) in [6.45, 7) is 9.48. The summed E-state index contributed by atoms with van der Waals surface area (Å²) in [6, 6.07) is 17.3. The first kappa shape index (κ1) is 50.0. The second-order valence-electron chi connectivity index (χ2n) is 18.8. The van der Waals surface area contributed by atoms with Gasteiger partial charge in [-0.05, 0) is 104 Å². The number of allylic oxidation sites excluding steroid dienone is 1. The summed E-state index contributed by atoms with van der Waals surface area (Å²) in [7, 11) is 1.58. The molecule has 0 bridgehead atoms. The fourth-order valence-electron chi connectivity index (χ4n) is 11.0. The highest BCUT2D eigenvalue weighted by Crippen LogP contribution is 2.62. The van der Waals surface area contributed by atoms with E-state index in [1.54, 1.807) is 13.2 Å². The highest BCUT2D eigenvalue weighted by atomic mass is 16.7. The van der Waals surface area contributed by atoms with Crippen LogP contribution in [0, 0.1) is 24.7 Å². The summed E-state index contributed by atoms with van der Waals surface area (Å²) in [6.07, 6.45) is 19.9. The van der Waals surface area contributed by atoms with Crippen LogP contribution in [-0.4, -0.2) is 77.3 Å². The van der Waals surface area contributed by atoms with Gasteiger partial charge in [-0.15, -0.1) is 6.58 Å². The third-order valence-electron chi connectivity index (χ3n) is 14.2. The fourth-order valence-corrected chi connectivity index (χ4v) is 11.0. The van der Waals surface area contributed by atoms with Crippen LogP contribution in [-0.2, 0) is 27.5 Å². The summed E-state index contributed by atoms with van der Waals surface area (Å²) in [5, 5.41) is 24.8. The fraction of sp³-hybridized carbons (Fsp3) is 0.582. The second-order valence-corrected chi connectivity index (χ2v) is 18.8. The van der Waals surface area contributed by atoms with Gasteiger partial charge in [0.25, 0.3) is 0 Å². The molecule has 2 aliphatic carbocycles. The predicted molar refractivity (Wildman–Crippen MR) is 260 cm³/mol. The molecule has 3 heterocycles. The topological polar surface area (TPSA) is 141 Å². The van der Waals surface area contributed by atoms with Gasteiger partial charge >= 0.3 is 0 Å². The highest BCUT2D eigenvalue weighted by molar-refractivity contribution is 6.03. The molecule has 0 spiro atoms. The number of hydrogen-bond acceptors (Lipinski definition) is 11. The van der Waals surface area contributed by atoms with Gasteiger partial charge in [-0.2, -0.15) is 0 Å². The van der Waals surface area contributed by atoms with Crippen LogP contribution in [0.4, 0.5) is 0 Å². The molecule has 364 valence electrons. The van der Waals surface area contributed by atoms with E-state index in [1.165, 1.54) is 38.5 Å². The van der Waals surface area contributed by atoms with Crippen molar-refractivity contribution in [3.05, 3.63) is 101 Å². The summed E-state index contributed by atoms with van der Waals surface area (Å²) >= 11 is 0. The number of amides is 1. The molecular formula is C55H75N3O9. The lowest BCUT2D eigenvalue weighted by molar-refractivity contribution is -0.258. The van der Waals surface area contributed by atoms with Crippen molar-refractivity contribution < 1.29 is 43.5 Å². The van der Waals surface area contributed by atoms with Crippen molar-refractivity contribution in [2.45, 2.75) is 154 Å². The minimum atomic E-state index is -1.37. The van der Waals surface area contributed by atoms with Crippen LogP contribution in [0.5, 0.6) is 23.0 Å². The molecule has 7 rings (SSSR count). The Morgan fingerprint density at radius 2 is 1.66 bits per heavy atom. The molecule has 1 fully saturated rings. The summed E-state index contributed by atoms with van der Waals surface area (Å²) in [5.74, 6) is 0.979. The van der Waals surface area contributed by atoms with Crippen molar-refractivity contribution in [2.75, 3.05) is 33.7 Å². The number of hydrogen-bond donors (Lipinski definition) is 2. The number of unbranched alkanes of at least 4 members (excludes halogenated alkanes) is 10. The van der Waals surface area contributed by atoms with E-state index in [4.69, 9.17) is 33.7 Å². The largest absolute Gasteiger partial charge is 0.487 e. The van der Waals surface area contributed by atoms with E-state index in [0.717, 1.165) is 78.7 Å². The molecular weight excluding hydrogens is 847 g/mol. The average Bonchev–Trinajstić information content (AvgIpc) is 3.81. The first-order valence-electron chi connectivity index (χ1n) is 25.2. The van der Waals surface area contributed by atoms with E-state index in [-0.39, 0.29) is 56.8 Å².